The van der Waals surface area contributed by atoms with Crippen molar-refractivity contribution >= 4 is 17.1 Å². The first-order valence-electron chi connectivity index (χ1n) is 11.8. The minimum Gasteiger partial charge on any atom is -0.395 e. The molecular weight excluding hydrogens is 444 g/mol. The Hall–Kier alpha value is -2.47. The van der Waals surface area contributed by atoms with Crippen molar-refractivity contribution in [2.24, 2.45) is 17.0 Å². The Balaban J connectivity index is 1.41. The molecule has 12 heteroatoms. The minimum atomic E-state index is -1.23. The Morgan fingerprint density at radius 3 is 2.44 bits per heavy atom. The number of aliphatic hydroxyl groups is 4. The number of aliphatic hydroxyl groups excluding tert-OH is 4. The summed E-state index contributed by atoms with van der Waals surface area (Å²) in [6.07, 6.45) is 2.65. The van der Waals surface area contributed by atoms with Crippen LogP contribution in [0, 0.1) is 22.0 Å². The fraction of sp³-hybridized carbons (Fsp3) is 0.727. The van der Waals surface area contributed by atoms with E-state index in [-0.39, 0.29) is 24.5 Å². The molecule has 1 saturated carbocycles. The second kappa shape index (κ2) is 12.3. The number of likely N-dealkylation sites (tertiary alicyclic amines) is 1. The molecular formula is C22H34N6O6. The molecule has 3 rings (SSSR count). The first kappa shape index (κ1) is 26.1. The zero-order chi connectivity index (χ0) is 24.7. The van der Waals surface area contributed by atoms with Crippen LogP contribution in [0.15, 0.2) is 23.3 Å². The molecule has 0 radical (unpaired) electrons. The van der Waals surface area contributed by atoms with Crippen LogP contribution in [0.5, 0.6) is 0 Å². The van der Waals surface area contributed by atoms with Crippen LogP contribution in [0.2, 0.25) is 0 Å². The van der Waals surface area contributed by atoms with Crippen molar-refractivity contribution in [1.29, 1.82) is 0 Å². The number of hydrogen-bond donors (Lipinski definition) is 5. The van der Waals surface area contributed by atoms with Gasteiger partial charge in [0.2, 0.25) is 0 Å². The Labute approximate surface area is 198 Å². The maximum Gasteiger partial charge on any atom is 0.292 e. The van der Waals surface area contributed by atoms with E-state index in [1.54, 1.807) is 12.1 Å². The summed E-state index contributed by atoms with van der Waals surface area (Å²) in [6, 6.07) is 3.80. The number of nitrogens with one attached hydrogen (secondary N) is 1. The summed E-state index contributed by atoms with van der Waals surface area (Å²) >= 11 is 0. The molecule has 0 unspecified atom stereocenters. The van der Waals surface area contributed by atoms with Crippen molar-refractivity contribution in [3.05, 3.63) is 38.8 Å². The van der Waals surface area contributed by atoms with Crippen LogP contribution in [0.1, 0.15) is 38.5 Å². The molecule has 1 aliphatic heterocycles. The lowest BCUT2D eigenvalue weighted by Gasteiger charge is -2.43. The fourth-order valence-corrected chi connectivity index (χ4v) is 5.14. The zero-order valence-corrected chi connectivity index (χ0v) is 19.1. The van der Waals surface area contributed by atoms with E-state index >= 15 is 0 Å². The van der Waals surface area contributed by atoms with Crippen molar-refractivity contribution in [3.8, 4) is 0 Å². The fourth-order valence-electron chi connectivity index (χ4n) is 5.14. The maximum atomic E-state index is 11.3. The van der Waals surface area contributed by atoms with E-state index < -0.39 is 29.3 Å². The number of nitro groups is 1. The topological polar surface area (TPSA) is 188 Å². The summed E-state index contributed by atoms with van der Waals surface area (Å²) in [6.45, 7) is 1.23. The molecule has 1 aromatic carbocycles. The van der Waals surface area contributed by atoms with Gasteiger partial charge in [-0.05, 0) is 42.8 Å². The summed E-state index contributed by atoms with van der Waals surface area (Å²) in [5.74, 6) is 1.06. The smallest absolute Gasteiger partial charge is 0.292 e. The van der Waals surface area contributed by atoms with Crippen molar-refractivity contribution in [3.63, 3.8) is 0 Å². The Morgan fingerprint density at radius 2 is 1.82 bits per heavy atom. The highest BCUT2D eigenvalue weighted by Crippen LogP contribution is 2.34. The quantitative estimate of drug-likeness (QED) is 0.111. The number of azide groups is 1. The summed E-state index contributed by atoms with van der Waals surface area (Å²) in [4.78, 5) is 15.4. The Kier molecular flexibility index (Phi) is 9.45. The van der Waals surface area contributed by atoms with Gasteiger partial charge in [-0.25, -0.2) is 0 Å². The van der Waals surface area contributed by atoms with E-state index in [1.807, 2.05) is 4.90 Å². The van der Waals surface area contributed by atoms with Crippen LogP contribution in [-0.4, -0.2) is 80.8 Å². The molecule has 4 atom stereocenters. The van der Waals surface area contributed by atoms with Gasteiger partial charge in [0.25, 0.3) is 5.69 Å². The predicted octanol–water partition coefficient (Wildman–Crippen LogP) is 2.29. The zero-order valence-electron chi connectivity index (χ0n) is 19.1. The lowest BCUT2D eigenvalue weighted by atomic mass is 9.79. The van der Waals surface area contributed by atoms with Gasteiger partial charge in [0, 0.05) is 29.8 Å². The SMILES string of the molecule is [N-]=[N+]=Nc1ccc(NCCC2CCC(CCN3C[C@H](O)[C@@H](O)[C@H](O)[C@H]3CO)CC2)c([N+](=O)[O-])c1. The highest BCUT2D eigenvalue weighted by atomic mass is 16.6. The number of nitro benzene ring substituents is 1. The number of rotatable bonds is 10. The van der Waals surface area contributed by atoms with Gasteiger partial charge in [-0.3, -0.25) is 15.0 Å². The van der Waals surface area contributed by atoms with Crippen LogP contribution >= 0.6 is 0 Å². The van der Waals surface area contributed by atoms with E-state index in [0.717, 1.165) is 38.5 Å². The van der Waals surface area contributed by atoms with E-state index in [4.69, 9.17) is 5.53 Å². The predicted molar refractivity (Wildman–Crippen MR) is 126 cm³/mol. The van der Waals surface area contributed by atoms with Crippen LogP contribution in [0.25, 0.3) is 10.4 Å². The summed E-state index contributed by atoms with van der Waals surface area (Å²) in [5.41, 5.74) is 9.00. The van der Waals surface area contributed by atoms with E-state index in [2.05, 4.69) is 15.3 Å². The highest BCUT2D eigenvalue weighted by Gasteiger charge is 2.41. The molecule has 1 saturated heterocycles. The molecule has 0 aromatic heterocycles. The van der Waals surface area contributed by atoms with E-state index in [0.29, 0.717) is 30.6 Å². The Bertz CT molecular complexity index is 873. The van der Waals surface area contributed by atoms with Crippen LogP contribution in [0.4, 0.5) is 17.1 Å². The summed E-state index contributed by atoms with van der Waals surface area (Å²) < 4.78 is 0. The van der Waals surface area contributed by atoms with Gasteiger partial charge in [0.05, 0.1) is 23.7 Å². The molecule has 1 heterocycles. The van der Waals surface area contributed by atoms with Gasteiger partial charge >= 0.3 is 0 Å². The second-order valence-electron chi connectivity index (χ2n) is 9.33. The first-order chi connectivity index (χ1) is 16.3. The highest BCUT2D eigenvalue weighted by molar-refractivity contribution is 5.66. The minimum absolute atomic E-state index is 0.116. The lowest BCUT2D eigenvalue weighted by Crippen LogP contribution is -2.62. The van der Waals surface area contributed by atoms with Crippen molar-refractivity contribution in [2.45, 2.75) is 62.9 Å². The number of nitrogens with zero attached hydrogens (tertiary/aromatic N) is 5. The third-order valence-electron chi connectivity index (χ3n) is 7.21. The third-order valence-corrected chi connectivity index (χ3v) is 7.21. The summed E-state index contributed by atoms with van der Waals surface area (Å²) in [5, 5.41) is 57.4. The molecule has 12 nitrogen and oxygen atoms in total. The third kappa shape index (κ3) is 6.56. The van der Waals surface area contributed by atoms with Gasteiger partial charge in [-0.15, -0.1) is 0 Å². The molecule has 34 heavy (non-hydrogen) atoms. The molecule has 0 spiro atoms. The van der Waals surface area contributed by atoms with E-state index in [9.17, 15) is 30.5 Å². The largest absolute Gasteiger partial charge is 0.395 e. The number of hydrogen-bond acceptors (Lipinski definition) is 9. The number of piperidine rings is 1. The van der Waals surface area contributed by atoms with Crippen LogP contribution < -0.4 is 5.32 Å². The van der Waals surface area contributed by atoms with Crippen molar-refractivity contribution < 1.29 is 25.3 Å². The van der Waals surface area contributed by atoms with Gasteiger partial charge in [-0.2, -0.15) is 0 Å². The molecule has 0 amide bonds. The van der Waals surface area contributed by atoms with Crippen molar-refractivity contribution in [1.82, 2.24) is 4.90 Å². The lowest BCUT2D eigenvalue weighted by molar-refractivity contribution is -0.383. The number of β-amino-alcohol motifs (C(OH)–C–C–N with tert-alkyl or cyclic N) is 1. The monoisotopic (exact) mass is 478 g/mol. The number of benzene rings is 1. The molecule has 5 N–H and O–H groups in total. The molecule has 188 valence electrons. The van der Waals surface area contributed by atoms with Gasteiger partial charge in [-0.1, -0.05) is 36.9 Å². The average molecular weight is 479 g/mol. The molecule has 0 bridgehead atoms. The van der Waals surface area contributed by atoms with Gasteiger partial charge in [0.15, 0.2) is 0 Å². The Morgan fingerprint density at radius 1 is 1.15 bits per heavy atom. The van der Waals surface area contributed by atoms with Gasteiger partial charge in [0.1, 0.15) is 17.9 Å². The maximum absolute atomic E-state index is 11.3. The normalized spacial score (nSPS) is 29.9. The average Bonchev–Trinajstić information content (AvgIpc) is 2.83. The van der Waals surface area contributed by atoms with Crippen LogP contribution in [0.3, 0.4) is 0 Å². The summed E-state index contributed by atoms with van der Waals surface area (Å²) in [7, 11) is 0. The number of anilines is 1. The molecule has 2 aliphatic rings. The molecule has 1 aliphatic carbocycles. The molecule has 1 aromatic rings. The van der Waals surface area contributed by atoms with E-state index in [1.165, 1.54) is 6.07 Å². The first-order valence-corrected chi connectivity index (χ1v) is 11.8. The van der Waals surface area contributed by atoms with Crippen molar-refractivity contribution in [2.75, 3.05) is 31.6 Å². The van der Waals surface area contributed by atoms with Gasteiger partial charge < -0.3 is 25.7 Å². The standard InChI is InChI=1S/C22H34N6O6/c23-26-25-16-5-6-17(18(11-16)28(33)34)24-9-7-14-1-3-15(4-2-14)8-10-27-12-20(30)22(32)21(31)19(27)13-29/h5-6,11,14-15,19-22,24,29-32H,1-4,7-10,12-13H2/t14?,15?,19-,20+,21-,22-/m1/s1. The molecule has 2 fully saturated rings. The van der Waals surface area contributed by atoms with Crippen LogP contribution in [-0.2, 0) is 0 Å². The second-order valence-corrected chi connectivity index (χ2v) is 9.33.